The SMILES string of the molecule is COc1ccc(CC(C)(N)Cc2cccc(Cl)c2)cc1. The monoisotopic (exact) mass is 289 g/mol. The van der Waals surface area contributed by atoms with Crippen LogP contribution in [0.4, 0.5) is 0 Å². The highest BCUT2D eigenvalue weighted by atomic mass is 35.5. The van der Waals surface area contributed by atoms with Gasteiger partial charge >= 0.3 is 0 Å². The summed E-state index contributed by atoms with van der Waals surface area (Å²) in [5.74, 6) is 0.863. The fourth-order valence-corrected chi connectivity index (χ4v) is 2.60. The second-order valence-corrected chi connectivity index (χ2v) is 5.92. The lowest BCUT2D eigenvalue weighted by atomic mass is 9.87. The number of hydrogen-bond acceptors (Lipinski definition) is 2. The molecule has 0 aliphatic heterocycles. The number of rotatable bonds is 5. The van der Waals surface area contributed by atoms with E-state index < -0.39 is 0 Å². The third kappa shape index (κ3) is 4.26. The van der Waals surface area contributed by atoms with Crippen molar-refractivity contribution in [1.29, 1.82) is 0 Å². The number of halogens is 1. The Balaban J connectivity index is 2.06. The highest BCUT2D eigenvalue weighted by Crippen LogP contribution is 2.20. The van der Waals surface area contributed by atoms with E-state index in [0.717, 1.165) is 29.2 Å². The maximum absolute atomic E-state index is 6.43. The Morgan fingerprint density at radius 3 is 2.30 bits per heavy atom. The standard InChI is InChI=1S/C17H20ClNO/c1-17(19,12-14-4-3-5-15(18)10-14)11-13-6-8-16(20-2)9-7-13/h3-10H,11-12,19H2,1-2H3. The molecule has 0 saturated carbocycles. The van der Waals surface area contributed by atoms with Gasteiger partial charge in [-0.15, -0.1) is 0 Å². The van der Waals surface area contributed by atoms with Gasteiger partial charge in [-0.2, -0.15) is 0 Å². The number of methoxy groups -OCH3 is 1. The third-order valence-corrected chi connectivity index (χ3v) is 3.50. The quantitative estimate of drug-likeness (QED) is 0.907. The van der Waals surface area contributed by atoms with Gasteiger partial charge in [0.25, 0.3) is 0 Å². The molecule has 0 aliphatic rings. The first-order valence-corrected chi connectivity index (χ1v) is 7.02. The fraction of sp³-hybridized carbons (Fsp3) is 0.294. The Bertz CT molecular complexity index is 563. The molecule has 2 aromatic carbocycles. The van der Waals surface area contributed by atoms with Crippen molar-refractivity contribution in [3.63, 3.8) is 0 Å². The van der Waals surface area contributed by atoms with Crippen molar-refractivity contribution in [2.24, 2.45) is 5.73 Å². The van der Waals surface area contributed by atoms with Gasteiger partial charge in [0.15, 0.2) is 0 Å². The topological polar surface area (TPSA) is 35.2 Å². The van der Waals surface area contributed by atoms with Crippen LogP contribution in [-0.2, 0) is 12.8 Å². The molecule has 1 atom stereocenters. The van der Waals surface area contributed by atoms with E-state index in [-0.39, 0.29) is 5.54 Å². The molecule has 0 amide bonds. The Morgan fingerprint density at radius 1 is 1.05 bits per heavy atom. The van der Waals surface area contributed by atoms with Gasteiger partial charge in [-0.3, -0.25) is 0 Å². The van der Waals surface area contributed by atoms with E-state index in [9.17, 15) is 0 Å². The van der Waals surface area contributed by atoms with E-state index in [1.807, 2.05) is 30.3 Å². The maximum atomic E-state index is 6.43. The lowest BCUT2D eigenvalue weighted by Crippen LogP contribution is -2.40. The van der Waals surface area contributed by atoms with Gasteiger partial charge in [-0.25, -0.2) is 0 Å². The van der Waals surface area contributed by atoms with Gasteiger partial charge in [-0.05, 0) is 55.2 Å². The van der Waals surface area contributed by atoms with E-state index in [4.69, 9.17) is 22.1 Å². The molecular weight excluding hydrogens is 270 g/mol. The van der Waals surface area contributed by atoms with Crippen LogP contribution in [0, 0.1) is 0 Å². The molecule has 0 fully saturated rings. The lowest BCUT2D eigenvalue weighted by molar-refractivity contribution is 0.414. The molecule has 0 aliphatic carbocycles. The van der Waals surface area contributed by atoms with Crippen molar-refractivity contribution in [1.82, 2.24) is 0 Å². The zero-order valence-corrected chi connectivity index (χ0v) is 12.7. The minimum absolute atomic E-state index is 0.306. The molecular formula is C17H20ClNO. The number of hydrogen-bond donors (Lipinski definition) is 1. The second kappa shape index (κ2) is 6.29. The van der Waals surface area contributed by atoms with Crippen LogP contribution in [0.1, 0.15) is 18.1 Å². The Kier molecular flexibility index (Phi) is 4.69. The van der Waals surface area contributed by atoms with Crippen molar-refractivity contribution in [3.8, 4) is 5.75 Å². The second-order valence-electron chi connectivity index (χ2n) is 5.49. The summed E-state index contributed by atoms with van der Waals surface area (Å²) in [6.07, 6.45) is 1.60. The number of ether oxygens (including phenoxy) is 1. The molecule has 0 spiro atoms. The molecule has 3 heteroatoms. The summed E-state index contributed by atoms with van der Waals surface area (Å²) < 4.78 is 5.16. The predicted octanol–water partition coefficient (Wildman–Crippen LogP) is 3.85. The van der Waals surface area contributed by atoms with Crippen molar-refractivity contribution in [3.05, 3.63) is 64.7 Å². The molecule has 2 nitrogen and oxygen atoms in total. The van der Waals surface area contributed by atoms with Crippen LogP contribution in [0.3, 0.4) is 0 Å². The fourth-order valence-electron chi connectivity index (χ4n) is 2.39. The van der Waals surface area contributed by atoms with Crippen LogP contribution in [0.15, 0.2) is 48.5 Å². The Hall–Kier alpha value is -1.51. The van der Waals surface area contributed by atoms with Crippen LogP contribution in [0.2, 0.25) is 5.02 Å². The Morgan fingerprint density at radius 2 is 1.70 bits per heavy atom. The van der Waals surface area contributed by atoms with Crippen LogP contribution < -0.4 is 10.5 Å². The summed E-state index contributed by atoms with van der Waals surface area (Å²) in [4.78, 5) is 0. The molecule has 0 radical (unpaired) electrons. The van der Waals surface area contributed by atoms with Crippen LogP contribution in [-0.4, -0.2) is 12.6 Å². The highest BCUT2D eigenvalue weighted by Gasteiger charge is 2.19. The summed E-state index contributed by atoms with van der Waals surface area (Å²) in [6, 6.07) is 15.9. The molecule has 0 bridgehead atoms. The van der Waals surface area contributed by atoms with Gasteiger partial charge in [-0.1, -0.05) is 35.9 Å². The highest BCUT2D eigenvalue weighted by molar-refractivity contribution is 6.30. The van der Waals surface area contributed by atoms with Crippen LogP contribution in [0.25, 0.3) is 0 Å². The van der Waals surface area contributed by atoms with Crippen molar-refractivity contribution in [2.75, 3.05) is 7.11 Å². The minimum atomic E-state index is -0.306. The average molecular weight is 290 g/mol. The normalized spacial score (nSPS) is 13.8. The maximum Gasteiger partial charge on any atom is 0.118 e. The van der Waals surface area contributed by atoms with E-state index >= 15 is 0 Å². The van der Waals surface area contributed by atoms with E-state index in [2.05, 4.69) is 25.1 Å². The lowest BCUT2D eigenvalue weighted by Gasteiger charge is -2.25. The summed E-state index contributed by atoms with van der Waals surface area (Å²) in [5.41, 5.74) is 8.49. The smallest absolute Gasteiger partial charge is 0.118 e. The molecule has 0 saturated heterocycles. The predicted molar refractivity (Wildman–Crippen MR) is 84.4 cm³/mol. The summed E-state index contributed by atoms with van der Waals surface area (Å²) in [5, 5.41) is 0.753. The van der Waals surface area contributed by atoms with Crippen molar-refractivity contribution < 1.29 is 4.74 Å². The molecule has 2 N–H and O–H groups in total. The first-order valence-electron chi connectivity index (χ1n) is 6.65. The van der Waals surface area contributed by atoms with Gasteiger partial charge < -0.3 is 10.5 Å². The minimum Gasteiger partial charge on any atom is -0.497 e. The third-order valence-electron chi connectivity index (χ3n) is 3.26. The zero-order chi connectivity index (χ0) is 14.6. The van der Waals surface area contributed by atoms with E-state index in [1.165, 1.54) is 5.56 Å². The van der Waals surface area contributed by atoms with Crippen molar-refractivity contribution in [2.45, 2.75) is 25.3 Å². The summed E-state index contributed by atoms with van der Waals surface area (Å²) in [7, 11) is 1.67. The van der Waals surface area contributed by atoms with E-state index in [0.29, 0.717) is 0 Å². The molecule has 0 aromatic heterocycles. The van der Waals surface area contributed by atoms with Gasteiger partial charge in [0.05, 0.1) is 7.11 Å². The Labute approximate surface area is 125 Å². The van der Waals surface area contributed by atoms with Crippen molar-refractivity contribution >= 4 is 11.6 Å². The molecule has 0 heterocycles. The van der Waals surface area contributed by atoms with Gasteiger partial charge in [0.1, 0.15) is 5.75 Å². The summed E-state index contributed by atoms with van der Waals surface area (Å²) >= 11 is 6.01. The molecule has 20 heavy (non-hydrogen) atoms. The first kappa shape index (κ1) is 14.9. The van der Waals surface area contributed by atoms with Crippen LogP contribution in [0.5, 0.6) is 5.75 Å². The van der Waals surface area contributed by atoms with Gasteiger partial charge in [0, 0.05) is 10.6 Å². The molecule has 2 rings (SSSR count). The van der Waals surface area contributed by atoms with Crippen LogP contribution >= 0.6 is 11.6 Å². The first-order chi connectivity index (χ1) is 9.48. The summed E-state index contributed by atoms with van der Waals surface area (Å²) in [6.45, 7) is 2.07. The zero-order valence-electron chi connectivity index (χ0n) is 11.9. The average Bonchev–Trinajstić information content (AvgIpc) is 2.38. The molecule has 1 unspecified atom stereocenters. The van der Waals surface area contributed by atoms with Gasteiger partial charge in [0.2, 0.25) is 0 Å². The largest absolute Gasteiger partial charge is 0.497 e. The number of nitrogens with two attached hydrogens (primary N) is 1. The molecule has 106 valence electrons. The van der Waals surface area contributed by atoms with E-state index in [1.54, 1.807) is 7.11 Å². The molecule has 2 aromatic rings. The number of benzene rings is 2.